The van der Waals surface area contributed by atoms with Crippen molar-refractivity contribution in [1.82, 2.24) is 19.9 Å². The Balaban J connectivity index is 1.87. The SMILES string of the molecule is CN(C)CCC[As](Cc1ccccn1)c1nc2cc[nH]c(=O)c2c2cc(F)ccc12. The average molecular weight is 466 g/mol. The van der Waals surface area contributed by atoms with Gasteiger partial charge in [0, 0.05) is 0 Å². The van der Waals surface area contributed by atoms with Crippen LogP contribution in [0.15, 0.2) is 59.7 Å². The fourth-order valence-corrected chi connectivity index (χ4v) is 8.73. The van der Waals surface area contributed by atoms with Gasteiger partial charge in [0.25, 0.3) is 0 Å². The van der Waals surface area contributed by atoms with Crippen LogP contribution in [0.1, 0.15) is 12.1 Å². The van der Waals surface area contributed by atoms with E-state index in [1.165, 1.54) is 12.1 Å². The Morgan fingerprint density at radius 3 is 2.77 bits per heavy atom. The third kappa shape index (κ3) is 4.45. The van der Waals surface area contributed by atoms with Crippen molar-refractivity contribution >= 4 is 40.8 Å². The molecule has 154 valence electrons. The number of nitrogens with zero attached hydrogens (tertiary/aromatic N) is 3. The monoisotopic (exact) mass is 466 g/mol. The van der Waals surface area contributed by atoms with E-state index in [0.29, 0.717) is 16.3 Å². The predicted molar refractivity (Wildman–Crippen MR) is 121 cm³/mol. The summed E-state index contributed by atoms with van der Waals surface area (Å²) >= 11 is -1.69. The second kappa shape index (κ2) is 9.07. The van der Waals surface area contributed by atoms with Gasteiger partial charge in [-0.05, 0) is 0 Å². The van der Waals surface area contributed by atoms with Gasteiger partial charge in [-0.15, -0.1) is 0 Å². The zero-order valence-electron chi connectivity index (χ0n) is 17.1. The number of halogens is 1. The van der Waals surface area contributed by atoms with Crippen LogP contribution in [0, 0.1) is 5.82 Å². The molecule has 1 atom stereocenters. The molecule has 0 amide bonds. The molecule has 0 saturated heterocycles. The Morgan fingerprint density at radius 1 is 1.13 bits per heavy atom. The van der Waals surface area contributed by atoms with E-state index in [0.717, 1.165) is 38.9 Å². The van der Waals surface area contributed by atoms with E-state index in [4.69, 9.17) is 4.98 Å². The van der Waals surface area contributed by atoms with Gasteiger partial charge in [0.05, 0.1) is 0 Å². The van der Waals surface area contributed by atoms with Crippen molar-refractivity contribution in [2.24, 2.45) is 0 Å². The third-order valence-corrected chi connectivity index (χ3v) is 10.3. The van der Waals surface area contributed by atoms with Gasteiger partial charge in [0.1, 0.15) is 0 Å². The van der Waals surface area contributed by atoms with Crippen molar-refractivity contribution in [2.75, 3.05) is 20.6 Å². The summed E-state index contributed by atoms with van der Waals surface area (Å²) in [7, 11) is 4.16. The number of hydrogen-bond acceptors (Lipinski definition) is 4. The number of nitrogens with one attached hydrogen (secondary N) is 1. The summed E-state index contributed by atoms with van der Waals surface area (Å²) in [6.07, 6.45) is 4.49. The number of rotatable bonds is 7. The molecule has 1 aromatic carbocycles. The summed E-state index contributed by atoms with van der Waals surface area (Å²) in [6, 6.07) is 12.5. The van der Waals surface area contributed by atoms with Crippen molar-refractivity contribution in [3.05, 3.63) is 76.7 Å². The zero-order chi connectivity index (χ0) is 21.1. The normalized spacial score (nSPS) is 12.7. The Kier molecular flexibility index (Phi) is 6.26. The second-order valence-electron chi connectivity index (χ2n) is 7.59. The van der Waals surface area contributed by atoms with Crippen molar-refractivity contribution in [3.63, 3.8) is 0 Å². The standard InChI is InChI=1S/C23H24AsFN4O/c1-29(2)13-5-10-24(15-17-6-3-4-11-26-17)22-18-8-7-16(25)14-19(18)21-20(28-22)9-12-27-23(21)30/h3-4,6-9,11-12,14H,5,10,13,15H2,1-2H3,(H,27,30). The number of hydrogen-bond donors (Lipinski definition) is 1. The molecule has 1 N–H and O–H groups in total. The molecule has 3 heterocycles. The van der Waals surface area contributed by atoms with Crippen LogP contribution >= 0.6 is 0 Å². The van der Waals surface area contributed by atoms with E-state index in [-0.39, 0.29) is 11.4 Å². The number of aromatic amines is 1. The molecule has 0 spiro atoms. The first-order chi connectivity index (χ1) is 14.5. The molecule has 0 bridgehead atoms. The summed E-state index contributed by atoms with van der Waals surface area (Å²) in [5, 5.41) is 3.94. The van der Waals surface area contributed by atoms with E-state index in [9.17, 15) is 9.18 Å². The van der Waals surface area contributed by atoms with Crippen LogP contribution in [0.2, 0.25) is 5.21 Å². The number of pyridine rings is 3. The molecule has 3 aromatic heterocycles. The molecule has 0 fully saturated rings. The Labute approximate surface area is 179 Å². The molecule has 0 radical (unpaired) electrons. The Morgan fingerprint density at radius 2 is 2.00 bits per heavy atom. The molecule has 5 nitrogen and oxygen atoms in total. The van der Waals surface area contributed by atoms with Crippen molar-refractivity contribution in [2.45, 2.75) is 16.8 Å². The van der Waals surface area contributed by atoms with Gasteiger partial charge in [-0.2, -0.15) is 0 Å². The molecular formula is C23H24AsFN4O. The van der Waals surface area contributed by atoms with Crippen LogP contribution in [0.25, 0.3) is 21.7 Å². The topological polar surface area (TPSA) is 61.9 Å². The molecule has 1 unspecified atom stereocenters. The predicted octanol–water partition coefficient (Wildman–Crippen LogP) is 3.05. The minimum atomic E-state index is -1.69. The first-order valence-corrected chi connectivity index (χ1v) is 13.5. The van der Waals surface area contributed by atoms with E-state index in [1.54, 1.807) is 18.3 Å². The van der Waals surface area contributed by atoms with Crippen LogP contribution in [0.3, 0.4) is 0 Å². The number of fused-ring (bicyclic) bond motifs is 3. The number of H-pyrrole nitrogens is 1. The average Bonchev–Trinajstić information content (AvgIpc) is 2.73. The van der Waals surface area contributed by atoms with Crippen LogP contribution in [-0.4, -0.2) is 55.1 Å². The van der Waals surface area contributed by atoms with Gasteiger partial charge in [-0.1, -0.05) is 0 Å². The molecule has 0 aliphatic heterocycles. The summed E-state index contributed by atoms with van der Waals surface area (Å²) in [5.74, 6) is -0.347. The maximum absolute atomic E-state index is 14.1. The van der Waals surface area contributed by atoms with Crippen molar-refractivity contribution in [3.8, 4) is 0 Å². The van der Waals surface area contributed by atoms with E-state index >= 15 is 0 Å². The van der Waals surface area contributed by atoms with Gasteiger partial charge in [0.15, 0.2) is 0 Å². The molecule has 4 aromatic rings. The third-order valence-electron chi connectivity index (χ3n) is 5.07. The van der Waals surface area contributed by atoms with Gasteiger partial charge >= 0.3 is 179 Å². The van der Waals surface area contributed by atoms with Gasteiger partial charge < -0.3 is 0 Å². The first-order valence-electron chi connectivity index (χ1n) is 9.93. The summed E-state index contributed by atoms with van der Waals surface area (Å²) in [6.45, 7) is 1.01. The zero-order valence-corrected chi connectivity index (χ0v) is 19.0. The van der Waals surface area contributed by atoms with E-state index in [1.807, 2.05) is 18.3 Å². The van der Waals surface area contributed by atoms with Gasteiger partial charge in [-0.25, -0.2) is 0 Å². The first kappa shape index (κ1) is 20.7. The molecular weight excluding hydrogens is 442 g/mol. The summed E-state index contributed by atoms with van der Waals surface area (Å²) < 4.78 is 15.2. The fraction of sp³-hybridized carbons (Fsp3) is 0.261. The van der Waals surface area contributed by atoms with E-state index < -0.39 is 14.7 Å². The van der Waals surface area contributed by atoms with Crippen molar-refractivity contribution < 1.29 is 4.39 Å². The Bertz CT molecular complexity index is 1230. The molecule has 30 heavy (non-hydrogen) atoms. The molecule has 4 rings (SSSR count). The second-order valence-corrected chi connectivity index (χ2v) is 12.3. The van der Waals surface area contributed by atoms with Gasteiger partial charge in [0.2, 0.25) is 0 Å². The van der Waals surface area contributed by atoms with Crippen LogP contribution in [0.5, 0.6) is 0 Å². The molecule has 0 aliphatic rings. The van der Waals surface area contributed by atoms with Gasteiger partial charge in [-0.3, -0.25) is 0 Å². The molecule has 0 aliphatic carbocycles. The number of benzene rings is 1. The maximum atomic E-state index is 14.1. The van der Waals surface area contributed by atoms with Crippen LogP contribution < -0.4 is 10.0 Å². The molecule has 0 saturated carbocycles. The quantitative estimate of drug-likeness (QED) is 0.336. The Hall–Kier alpha value is -2.56. The summed E-state index contributed by atoms with van der Waals surface area (Å²) in [4.78, 5) is 26.9. The van der Waals surface area contributed by atoms with Crippen LogP contribution in [0.4, 0.5) is 4.39 Å². The minimum absolute atomic E-state index is 0.237. The summed E-state index contributed by atoms with van der Waals surface area (Å²) in [5.41, 5.74) is 1.45. The molecule has 7 heteroatoms. The van der Waals surface area contributed by atoms with Crippen LogP contribution in [-0.2, 0) is 5.21 Å². The number of aromatic nitrogens is 3. The fourth-order valence-electron chi connectivity index (χ4n) is 3.68. The van der Waals surface area contributed by atoms with Crippen molar-refractivity contribution in [1.29, 1.82) is 0 Å². The van der Waals surface area contributed by atoms with E-state index in [2.05, 4.69) is 35.0 Å².